The van der Waals surface area contributed by atoms with Gasteiger partial charge in [0.15, 0.2) is 0 Å². The molecule has 0 saturated heterocycles. The average Bonchev–Trinajstić information content (AvgIpc) is 3.80. The second-order valence-corrected chi connectivity index (χ2v) is 16.7. The van der Waals surface area contributed by atoms with Crippen LogP contribution in [0.25, 0.3) is 55.3 Å². The zero-order chi connectivity index (χ0) is 40.7. The van der Waals surface area contributed by atoms with Crippen molar-refractivity contribution in [2.75, 3.05) is 0 Å². The minimum atomic E-state index is -0.507. The van der Waals surface area contributed by atoms with E-state index in [2.05, 4.69) is 200 Å². The first-order valence-corrected chi connectivity index (χ1v) is 21.4. The fourth-order valence-corrected chi connectivity index (χ4v) is 10.6. The van der Waals surface area contributed by atoms with Crippen molar-refractivity contribution < 1.29 is 4.74 Å². The van der Waals surface area contributed by atoms with Gasteiger partial charge in [-0.25, -0.2) is 0 Å². The number of benzene rings is 8. The summed E-state index contributed by atoms with van der Waals surface area (Å²) >= 11 is 0. The Kier molecular flexibility index (Phi) is 8.21. The molecule has 4 aliphatic rings. The first-order chi connectivity index (χ1) is 30.1. The van der Waals surface area contributed by atoms with Crippen molar-refractivity contribution in [3.63, 3.8) is 0 Å². The molecule has 0 bridgehead atoms. The summed E-state index contributed by atoms with van der Waals surface area (Å²) < 4.78 is 6.79. The average molecular weight is 786 g/mol. The van der Waals surface area contributed by atoms with Gasteiger partial charge in [-0.05, 0) is 121 Å². The van der Waals surface area contributed by atoms with Gasteiger partial charge in [0.1, 0.15) is 17.7 Å². The molecule has 0 saturated carbocycles. The Morgan fingerprint density at radius 3 is 2.00 bits per heavy atom. The lowest BCUT2D eigenvalue weighted by molar-refractivity contribution is 0.431. The second kappa shape index (κ2) is 14.0. The highest BCUT2D eigenvalue weighted by molar-refractivity contribution is 6.15. The summed E-state index contributed by atoms with van der Waals surface area (Å²) in [5.41, 5.74) is 25.8. The van der Waals surface area contributed by atoms with Gasteiger partial charge in [-0.1, -0.05) is 170 Å². The molecule has 0 radical (unpaired) electrons. The van der Waals surface area contributed by atoms with Gasteiger partial charge in [0, 0.05) is 16.8 Å². The second-order valence-electron chi connectivity index (χ2n) is 16.7. The van der Waals surface area contributed by atoms with Crippen LogP contribution in [0.4, 0.5) is 0 Å². The van der Waals surface area contributed by atoms with Crippen molar-refractivity contribution in [1.82, 2.24) is 5.32 Å². The summed E-state index contributed by atoms with van der Waals surface area (Å²) in [4.78, 5) is 5.35. The Hall–Kier alpha value is -7.11. The summed E-state index contributed by atoms with van der Waals surface area (Å²) in [6.45, 7) is 2.10. The highest BCUT2D eigenvalue weighted by Gasteiger charge is 2.51. The van der Waals surface area contributed by atoms with Gasteiger partial charge >= 0.3 is 0 Å². The Balaban J connectivity index is 0.858. The molecule has 61 heavy (non-hydrogen) atoms. The number of fused-ring (bicyclic) bond motifs is 12. The van der Waals surface area contributed by atoms with Crippen LogP contribution in [-0.4, -0.2) is 11.9 Å². The maximum Gasteiger partial charge on any atom is 0.132 e. The molecule has 1 spiro atoms. The molecule has 4 heteroatoms. The van der Waals surface area contributed by atoms with Crippen LogP contribution in [-0.2, 0) is 5.41 Å². The van der Waals surface area contributed by atoms with Gasteiger partial charge in [-0.3, -0.25) is 10.3 Å². The van der Waals surface area contributed by atoms with Crippen LogP contribution in [0.1, 0.15) is 59.3 Å². The largest absolute Gasteiger partial charge is 0.457 e. The van der Waals surface area contributed by atoms with Crippen LogP contribution >= 0.6 is 0 Å². The minimum Gasteiger partial charge on any atom is -0.457 e. The molecule has 0 aromatic heterocycles. The number of aliphatic imine (C=N–C) groups is 1. The molecular formula is C57H43N3O. The van der Waals surface area contributed by atoms with Gasteiger partial charge in [-0.15, -0.1) is 0 Å². The van der Waals surface area contributed by atoms with Crippen molar-refractivity contribution >= 4 is 16.5 Å². The molecule has 4 nitrogen and oxygen atoms in total. The number of hydrogen-bond acceptors (Lipinski definition) is 4. The normalized spacial score (nSPS) is 15.9. The summed E-state index contributed by atoms with van der Waals surface area (Å²) in [7, 11) is 0. The van der Waals surface area contributed by atoms with E-state index in [9.17, 15) is 0 Å². The van der Waals surface area contributed by atoms with E-state index in [1.54, 1.807) is 0 Å². The van der Waals surface area contributed by atoms with Crippen LogP contribution in [0.15, 0.2) is 199 Å². The van der Waals surface area contributed by atoms with Crippen molar-refractivity contribution in [1.29, 1.82) is 0 Å². The van der Waals surface area contributed by atoms with Crippen molar-refractivity contribution in [3.8, 4) is 56.0 Å². The van der Waals surface area contributed by atoms with E-state index < -0.39 is 11.6 Å². The lowest BCUT2D eigenvalue weighted by Gasteiger charge is -2.39. The Bertz CT molecular complexity index is 3140. The standard InChI is InChI=1S/C57H43N3O/c1-35(36-25-27-37(28-26-36)40-29-31-42-45-19-11-15-38-16-12-20-46(54(38)45)47(42)33-40)59-56(39-13-3-2-4-14-39)60-55(58)41-30-32-51-53(34-41)61-52-24-10-9-23-50(52)57(51)48-21-7-5-17-43(48)44-18-6-8-22-49(44)57/h2-3,5-13,15-34,55-56,60H,4,14,58H2,1H3. The van der Waals surface area contributed by atoms with Crippen LogP contribution in [0, 0.1) is 0 Å². The highest BCUT2D eigenvalue weighted by atomic mass is 16.5. The quantitative estimate of drug-likeness (QED) is 0.125. The van der Waals surface area contributed by atoms with E-state index in [0.717, 1.165) is 52.3 Å². The maximum atomic E-state index is 7.14. The topological polar surface area (TPSA) is 59.6 Å². The van der Waals surface area contributed by atoms with Crippen molar-refractivity contribution in [2.45, 2.75) is 37.5 Å². The van der Waals surface area contributed by atoms with E-state index in [4.69, 9.17) is 15.5 Å². The molecule has 8 aromatic rings. The molecule has 8 aromatic carbocycles. The molecule has 1 aliphatic heterocycles. The number of rotatable bonds is 7. The van der Waals surface area contributed by atoms with Gasteiger partial charge in [-0.2, -0.15) is 0 Å². The molecular weight excluding hydrogens is 743 g/mol. The molecule has 0 fully saturated rings. The number of hydrogen-bond donors (Lipinski definition) is 2. The summed E-state index contributed by atoms with van der Waals surface area (Å²) in [6, 6.07) is 61.6. The first kappa shape index (κ1) is 35.8. The number of allylic oxidation sites excluding steroid dienone is 3. The number of para-hydroxylation sites is 1. The van der Waals surface area contributed by atoms with E-state index in [1.165, 1.54) is 72.0 Å². The summed E-state index contributed by atoms with van der Waals surface area (Å²) in [5.74, 6) is 1.68. The SMILES string of the molecule is CC(=NC(NC(N)c1ccc2c(c1)Oc1ccccc1C21c2ccccc2-c2ccccc21)C1=CC=CCC1)c1ccc(-c2ccc3c(c2)-c2cccc4cccc-3c24)cc1. The zero-order valence-electron chi connectivity index (χ0n) is 33.9. The fraction of sp³-hybridized carbons (Fsp3) is 0.105. The molecule has 292 valence electrons. The first-order valence-electron chi connectivity index (χ1n) is 21.4. The van der Waals surface area contributed by atoms with Crippen LogP contribution in [0.3, 0.4) is 0 Å². The summed E-state index contributed by atoms with van der Waals surface area (Å²) in [6.07, 6.45) is 7.61. The van der Waals surface area contributed by atoms with Crippen molar-refractivity contribution in [2.24, 2.45) is 10.7 Å². The van der Waals surface area contributed by atoms with E-state index in [1.807, 2.05) is 0 Å². The zero-order valence-corrected chi connectivity index (χ0v) is 33.9. The fourth-order valence-electron chi connectivity index (χ4n) is 10.6. The smallest absolute Gasteiger partial charge is 0.132 e. The Labute approximate surface area is 356 Å². The summed E-state index contributed by atoms with van der Waals surface area (Å²) in [5, 5.41) is 6.37. The number of ether oxygens (including phenoxy) is 1. The lowest BCUT2D eigenvalue weighted by Crippen LogP contribution is -2.38. The molecule has 3 aliphatic carbocycles. The third-order valence-corrected chi connectivity index (χ3v) is 13.4. The molecule has 3 N–H and O–H groups in total. The molecule has 2 unspecified atom stereocenters. The third-order valence-electron chi connectivity index (χ3n) is 13.4. The lowest BCUT2D eigenvalue weighted by atomic mass is 9.66. The predicted molar refractivity (Wildman–Crippen MR) is 250 cm³/mol. The van der Waals surface area contributed by atoms with Gasteiger partial charge in [0.2, 0.25) is 0 Å². The van der Waals surface area contributed by atoms with Gasteiger partial charge in [0.05, 0.1) is 11.6 Å². The van der Waals surface area contributed by atoms with E-state index in [-0.39, 0.29) is 6.17 Å². The highest BCUT2D eigenvalue weighted by Crippen LogP contribution is 2.62. The van der Waals surface area contributed by atoms with E-state index in [0.29, 0.717) is 0 Å². The van der Waals surface area contributed by atoms with Crippen LogP contribution in [0.5, 0.6) is 11.5 Å². The number of nitrogens with one attached hydrogen (secondary N) is 1. The Morgan fingerprint density at radius 2 is 1.26 bits per heavy atom. The minimum absolute atomic E-state index is 0.307. The van der Waals surface area contributed by atoms with Gasteiger partial charge < -0.3 is 10.5 Å². The van der Waals surface area contributed by atoms with Crippen LogP contribution < -0.4 is 15.8 Å². The Morgan fingerprint density at radius 1 is 0.607 bits per heavy atom. The number of nitrogens with zero attached hydrogens (tertiary/aromatic N) is 1. The molecule has 12 rings (SSSR count). The van der Waals surface area contributed by atoms with Crippen molar-refractivity contribution in [3.05, 3.63) is 227 Å². The van der Waals surface area contributed by atoms with Gasteiger partial charge in [0.25, 0.3) is 0 Å². The molecule has 2 atom stereocenters. The third kappa shape index (κ3) is 5.49. The molecule has 0 amide bonds. The van der Waals surface area contributed by atoms with E-state index >= 15 is 0 Å². The van der Waals surface area contributed by atoms with Crippen LogP contribution in [0.2, 0.25) is 0 Å². The number of nitrogens with two attached hydrogens (primary N) is 1. The maximum absolute atomic E-state index is 7.14. The monoisotopic (exact) mass is 785 g/mol. The molecule has 1 heterocycles. The predicted octanol–water partition coefficient (Wildman–Crippen LogP) is 13.3.